The summed E-state index contributed by atoms with van der Waals surface area (Å²) in [6.07, 6.45) is 27.7. The average molecular weight is 2000 g/mol. The quantitative estimate of drug-likeness (QED) is 0.0756. The van der Waals surface area contributed by atoms with E-state index >= 15 is 0 Å². The van der Waals surface area contributed by atoms with Crippen molar-refractivity contribution in [2.75, 3.05) is 41.0 Å². The number of alkyl carbamates (subject to hydrolysis) is 1. The molecular formula is C106H143N10O18V3-3. The standard InChI is InChI=1S/2C36H48N3O6.C34H47N4O6.3V/c1-6-24-30(20-40)39-19-32(24)45-34-28(37-27-13-12-23(43-5)17-29(27)38-34)11-9-7-8-10-25-22-14-21(15-22)16-31(25)44-33(41)18-26(35(39)42)36(2,3)4;1-6-25-30(20-40)39-19-31(25)44-34-28(37-27-13-12-24(43-5)17-29(27)38-34)11-9-7-8-10-22-14-21-15-23(16-21)33(22)45-32(41)18-26(35(39)42)36(2,3)4;1-8-23-27(19-39)38-18-28(23)43-30-25(35-24-15-14-22(42-7)16-26(24)36-30)13-11-9-10-12-21-17-34(21,20(2)3)44-32(41)37-29(31(38)40)33(4,5)6;;;/h12-13,17,21-22,24-26,30-32H,6-11,14-16,18-19H2,1-5H3;12-13,17,21-23,25-26,30-31,33H,6-11,14-16,18-19H2,1-5H3;14-16,20-21,23,27-29H,8-13,17-18H2,1-7H3,(H,37,41);;;/q3*-1;;;/t21?,22?,24-,25+,26+,30+,31+,32-;21?,22-,23?,25+,26-,30-,31+,33+;21-,23+,27-,28+,29-,34+;;;/m011.../s1. The minimum atomic E-state index is -0.911. The van der Waals surface area contributed by atoms with Gasteiger partial charge in [-0.05, 0) is 215 Å². The van der Waals surface area contributed by atoms with Gasteiger partial charge in [0.2, 0.25) is 35.4 Å². The number of hydrogen-bond donors (Lipinski definition) is 1. The van der Waals surface area contributed by atoms with Crippen molar-refractivity contribution in [3.63, 3.8) is 0 Å². The van der Waals surface area contributed by atoms with Crippen LogP contribution in [0.1, 0.15) is 268 Å². The SMILES string of the molecule is CC[C@@H]1[C@@H]2CN(C(=O)[C@H](C(C)(C)C)CC(=O)O[C@@H]3C4CC(C4)C[C@H]3CCCCCc3nc4ccc(OC)cc4nc3O2)[C@@H]1[C-]=O.CC[C@@H]1[C@@H]2CN(C(=O)[C@H](C(C)(C)C)CC(=O)O[C@@H]3CC4CC(C4)[C@H]3CCCCCc3nc4ccc(OC)cc4nc3O2)[C@@H]1[C-]=O.CC[C@@H]1[C@@H]2CN(C(=O)[C@H](C(C)(C)C)NC(=O)O[C@]3(C(C)C)C[C@H]3CCCCCc3nc4ccc(OC)cc4nc3O2)[C@@H]1[C-]=O.[V].[V].[V]. The maximum Gasteiger partial charge on any atom is 0.408 e. The fourth-order valence-corrected chi connectivity index (χ4v) is 23.7. The number of carbonyl (C=O) groups excluding carboxylic acids is 9. The second-order valence-corrected chi connectivity index (χ2v) is 43.8. The summed E-state index contributed by atoms with van der Waals surface area (Å²) in [6.45, 7) is 28.2. The first-order valence-electron chi connectivity index (χ1n) is 50.1. The number of benzene rings is 3. The molecule has 6 aliphatic heterocycles. The second kappa shape index (κ2) is 45.8. The summed E-state index contributed by atoms with van der Waals surface area (Å²) in [4.78, 5) is 155. The van der Waals surface area contributed by atoms with E-state index in [9.17, 15) is 43.2 Å². The predicted octanol–water partition coefficient (Wildman–Crippen LogP) is 17.1. The molecule has 18 atom stereocenters. The summed E-state index contributed by atoms with van der Waals surface area (Å²) >= 11 is 0. The molecular weight excluding hydrogens is 1850 g/mol. The summed E-state index contributed by atoms with van der Waals surface area (Å²) in [6, 6.07) is 13.6. The van der Waals surface area contributed by atoms with E-state index in [2.05, 4.69) is 38.0 Å². The summed E-state index contributed by atoms with van der Waals surface area (Å²) in [7, 11) is 4.85. The zero-order valence-electron chi connectivity index (χ0n) is 83.3. The van der Waals surface area contributed by atoms with Gasteiger partial charge in [0.05, 0.1) is 98.7 Å². The van der Waals surface area contributed by atoms with Gasteiger partial charge >= 0.3 is 18.0 Å². The van der Waals surface area contributed by atoms with Crippen LogP contribution in [0.2, 0.25) is 0 Å². The van der Waals surface area contributed by atoms with Crippen LogP contribution in [0, 0.1) is 93.2 Å². The van der Waals surface area contributed by atoms with Crippen LogP contribution in [-0.4, -0.2) is 200 Å². The number of carbonyl (C=O) groups is 6. The number of ether oxygens (including phenoxy) is 9. The third-order valence-electron chi connectivity index (χ3n) is 31.8. The van der Waals surface area contributed by atoms with E-state index in [1.54, 1.807) is 31.1 Å². The zero-order chi connectivity index (χ0) is 95.6. The molecule has 10 fully saturated rings. The summed E-state index contributed by atoms with van der Waals surface area (Å²) < 4.78 is 54.8. The fraction of sp³-hybridized carbons (Fsp3) is 0.689. The topological polar surface area (TPSA) is 336 Å². The van der Waals surface area contributed by atoms with Gasteiger partial charge < -0.3 is 77.0 Å². The minimum Gasteiger partial charge on any atom is -0.540 e. The Bertz CT molecular complexity index is 5250. The van der Waals surface area contributed by atoms with Crippen molar-refractivity contribution in [2.24, 2.45) is 93.2 Å². The molecule has 743 valence electrons. The molecule has 1 N–H and O–H groups in total. The first-order chi connectivity index (χ1) is 64.1. The molecule has 3 aromatic heterocycles. The Morgan fingerprint density at radius 1 is 0.438 bits per heavy atom. The first-order valence-corrected chi connectivity index (χ1v) is 50.1. The van der Waals surface area contributed by atoms with Gasteiger partial charge in [0.1, 0.15) is 76.5 Å². The maximum absolute atomic E-state index is 14.3. The van der Waals surface area contributed by atoms with Crippen LogP contribution in [-0.2, 0) is 127 Å². The molecule has 0 unspecified atom stereocenters. The molecule has 7 saturated carbocycles. The third kappa shape index (κ3) is 23.9. The van der Waals surface area contributed by atoms with Crippen molar-refractivity contribution in [2.45, 2.75) is 331 Å². The third-order valence-corrected chi connectivity index (χ3v) is 31.8. The van der Waals surface area contributed by atoms with Crippen molar-refractivity contribution in [1.82, 2.24) is 49.9 Å². The number of hydrogen-bond acceptors (Lipinski definition) is 24. The molecule has 13 aliphatic rings. The summed E-state index contributed by atoms with van der Waals surface area (Å²) in [5, 5.41) is 2.90. The Hall–Kier alpha value is -8.14. The van der Waals surface area contributed by atoms with Crippen molar-refractivity contribution in [1.29, 1.82) is 0 Å². The molecule has 6 aromatic rings. The van der Waals surface area contributed by atoms with E-state index in [0.29, 0.717) is 120 Å². The molecule has 9 heterocycles. The normalized spacial score (nSPS) is 31.1. The summed E-state index contributed by atoms with van der Waals surface area (Å²) in [5.74, 6) is 3.40. The van der Waals surface area contributed by atoms with Crippen LogP contribution in [0.15, 0.2) is 54.6 Å². The van der Waals surface area contributed by atoms with Crippen LogP contribution < -0.4 is 33.7 Å². The number of aromatic nitrogens is 6. The van der Waals surface area contributed by atoms with E-state index in [-0.39, 0.29) is 160 Å². The number of aryl methyl sites for hydroxylation is 3. The number of nitrogens with zero attached hydrogens (tertiary/aromatic N) is 9. The van der Waals surface area contributed by atoms with Crippen LogP contribution in [0.25, 0.3) is 33.1 Å². The van der Waals surface area contributed by atoms with E-state index in [0.717, 1.165) is 149 Å². The van der Waals surface area contributed by atoms with Crippen molar-refractivity contribution in [3.05, 3.63) is 71.7 Å². The largest absolute Gasteiger partial charge is 0.540 e. The Kier molecular flexibility index (Phi) is 36.0. The molecule has 0 spiro atoms. The Morgan fingerprint density at radius 2 is 0.818 bits per heavy atom. The van der Waals surface area contributed by atoms with Gasteiger partial charge in [0, 0.05) is 79.8 Å². The molecule has 28 nitrogen and oxygen atoms in total. The Morgan fingerprint density at radius 3 is 1.20 bits per heavy atom. The molecule has 3 radical (unpaired) electrons. The smallest absolute Gasteiger partial charge is 0.408 e. The number of fused-ring (bicyclic) bond motifs is 13. The monoisotopic (exact) mass is 2000 g/mol. The van der Waals surface area contributed by atoms with Crippen molar-refractivity contribution in [3.8, 4) is 34.9 Å². The van der Waals surface area contributed by atoms with E-state index in [1.165, 1.54) is 17.7 Å². The number of nitrogens with one attached hydrogen (secondary N) is 1. The molecule has 7 aliphatic carbocycles. The van der Waals surface area contributed by atoms with Crippen LogP contribution in [0.3, 0.4) is 0 Å². The second-order valence-electron chi connectivity index (χ2n) is 43.8. The minimum absolute atomic E-state index is 0. The maximum atomic E-state index is 14.3. The molecule has 31 heteroatoms. The van der Waals surface area contributed by atoms with E-state index < -0.39 is 82.3 Å². The van der Waals surface area contributed by atoms with Gasteiger partial charge in [-0.15, -0.1) is 0 Å². The average Bonchev–Trinajstić information content (AvgIpc) is 1.59. The number of rotatable bonds is 10. The van der Waals surface area contributed by atoms with Gasteiger partial charge in [-0.25, -0.2) is 53.6 Å². The molecule has 4 amide bonds. The van der Waals surface area contributed by atoms with E-state index in [4.69, 9.17) is 72.5 Å². The molecule has 3 saturated heterocycles. The summed E-state index contributed by atoms with van der Waals surface area (Å²) in [5.41, 5.74) is 4.42. The first kappa shape index (κ1) is 108. The zero-order valence-corrected chi connectivity index (χ0v) is 87.5. The molecule has 137 heavy (non-hydrogen) atoms. The van der Waals surface area contributed by atoms with Gasteiger partial charge in [0.25, 0.3) is 0 Å². The fourth-order valence-electron chi connectivity index (χ4n) is 23.7. The van der Waals surface area contributed by atoms with Gasteiger partial charge in [0.15, 0.2) is 0 Å². The van der Waals surface area contributed by atoms with Crippen LogP contribution in [0.4, 0.5) is 4.79 Å². The van der Waals surface area contributed by atoms with Crippen LogP contribution in [0.5, 0.6) is 34.9 Å². The van der Waals surface area contributed by atoms with Crippen LogP contribution >= 0.6 is 0 Å². The van der Waals surface area contributed by atoms with Crippen molar-refractivity contribution >= 4 is 87.7 Å². The number of esters is 2. The number of methoxy groups -OCH3 is 3. The number of amides is 4. The molecule has 10 bridgehead atoms. The van der Waals surface area contributed by atoms with Gasteiger partial charge in [-0.3, -0.25) is 24.0 Å². The van der Waals surface area contributed by atoms with Gasteiger partial charge in [-0.1, -0.05) is 173 Å². The molecule has 3 aromatic carbocycles. The van der Waals surface area contributed by atoms with Crippen molar-refractivity contribution < 1.29 is 141 Å². The molecule has 19 rings (SSSR count). The Labute approximate surface area is 844 Å². The van der Waals surface area contributed by atoms with Gasteiger partial charge in [-0.2, -0.15) is 0 Å². The Balaban J connectivity index is 0.000000183. The van der Waals surface area contributed by atoms with E-state index in [1.807, 2.05) is 138 Å². The predicted molar refractivity (Wildman–Crippen MR) is 505 cm³/mol.